The standard InChI is InChI=1S/C18H21N5O3/c1-4-5-10-25-14-8-6-13(7-9-14)16(24)19-18-21-20-17(26-18)15-11-12(2)22-23(15)3/h6-9,11H,4-5,10H2,1-3H3,(H,19,21,24). The first-order chi connectivity index (χ1) is 12.6. The second-order valence-electron chi connectivity index (χ2n) is 5.89. The number of hydrogen-bond donors (Lipinski definition) is 1. The fourth-order valence-electron chi connectivity index (χ4n) is 2.39. The molecule has 0 saturated heterocycles. The Morgan fingerprint density at radius 1 is 1.27 bits per heavy atom. The quantitative estimate of drug-likeness (QED) is 0.654. The summed E-state index contributed by atoms with van der Waals surface area (Å²) in [5.41, 5.74) is 2.00. The highest BCUT2D eigenvalue weighted by atomic mass is 16.5. The van der Waals surface area contributed by atoms with E-state index in [-0.39, 0.29) is 11.9 Å². The first-order valence-electron chi connectivity index (χ1n) is 8.45. The van der Waals surface area contributed by atoms with Crippen LogP contribution in [-0.2, 0) is 7.05 Å². The summed E-state index contributed by atoms with van der Waals surface area (Å²) in [6, 6.07) is 8.78. The van der Waals surface area contributed by atoms with Crippen molar-refractivity contribution in [3.8, 4) is 17.3 Å². The Bertz CT molecular complexity index is 883. The molecule has 0 aliphatic heterocycles. The van der Waals surface area contributed by atoms with E-state index < -0.39 is 0 Å². The van der Waals surface area contributed by atoms with E-state index in [0.29, 0.717) is 23.8 Å². The van der Waals surface area contributed by atoms with Gasteiger partial charge in [0, 0.05) is 12.6 Å². The lowest BCUT2D eigenvalue weighted by molar-refractivity contribution is 0.102. The molecule has 0 aliphatic rings. The number of aryl methyl sites for hydroxylation is 2. The van der Waals surface area contributed by atoms with Crippen molar-refractivity contribution < 1.29 is 13.9 Å². The van der Waals surface area contributed by atoms with Crippen molar-refractivity contribution in [2.24, 2.45) is 7.05 Å². The van der Waals surface area contributed by atoms with Crippen LogP contribution >= 0.6 is 0 Å². The summed E-state index contributed by atoms with van der Waals surface area (Å²) in [6.07, 6.45) is 2.07. The Hall–Kier alpha value is -3.16. The second kappa shape index (κ2) is 7.81. The number of nitrogens with one attached hydrogen (secondary N) is 1. The average molecular weight is 355 g/mol. The summed E-state index contributed by atoms with van der Waals surface area (Å²) < 4.78 is 12.7. The Kier molecular flexibility index (Phi) is 5.31. The Labute approximate surface area is 151 Å². The number of rotatable bonds is 7. The fourth-order valence-corrected chi connectivity index (χ4v) is 2.39. The molecule has 0 aliphatic carbocycles. The molecule has 3 rings (SSSR count). The summed E-state index contributed by atoms with van der Waals surface area (Å²) in [5, 5.41) is 14.6. The summed E-state index contributed by atoms with van der Waals surface area (Å²) in [4.78, 5) is 12.3. The monoisotopic (exact) mass is 355 g/mol. The van der Waals surface area contributed by atoms with Gasteiger partial charge < -0.3 is 9.15 Å². The number of amides is 1. The lowest BCUT2D eigenvalue weighted by Gasteiger charge is -2.06. The van der Waals surface area contributed by atoms with E-state index >= 15 is 0 Å². The molecule has 0 spiro atoms. The first kappa shape index (κ1) is 17.7. The number of aromatic nitrogens is 4. The number of anilines is 1. The van der Waals surface area contributed by atoms with Crippen molar-refractivity contribution in [3.05, 3.63) is 41.6 Å². The minimum atomic E-state index is -0.332. The normalized spacial score (nSPS) is 10.7. The van der Waals surface area contributed by atoms with E-state index in [1.165, 1.54) is 0 Å². The number of unbranched alkanes of at least 4 members (excludes halogenated alkanes) is 1. The molecule has 1 N–H and O–H groups in total. The molecule has 0 radical (unpaired) electrons. The van der Waals surface area contributed by atoms with Crippen LogP contribution in [0.25, 0.3) is 11.6 Å². The zero-order valence-corrected chi connectivity index (χ0v) is 15.0. The van der Waals surface area contributed by atoms with Crippen LogP contribution in [0.3, 0.4) is 0 Å². The molecule has 0 saturated carbocycles. The second-order valence-corrected chi connectivity index (χ2v) is 5.89. The lowest BCUT2D eigenvalue weighted by atomic mass is 10.2. The Balaban J connectivity index is 1.64. The molecule has 26 heavy (non-hydrogen) atoms. The van der Waals surface area contributed by atoms with Gasteiger partial charge in [-0.15, -0.1) is 5.10 Å². The largest absolute Gasteiger partial charge is 0.494 e. The maximum atomic E-state index is 12.3. The van der Waals surface area contributed by atoms with Gasteiger partial charge in [-0.3, -0.25) is 14.8 Å². The Morgan fingerprint density at radius 2 is 2.04 bits per heavy atom. The number of hydrogen-bond acceptors (Lipinski definition) is 6. The smallest absolute Gasteiger partial charge is 0.322 e. The van der Waals surface area contributed by atoms with Crippen LogP contribution in [0, 0.1) is 6.92 Å². The highest BCUT2D eigenvalue weighted by molar-refractivity contribution is 6.03. The van der Waals surface area contributed by atoms with Gasteiger partial charge in [0.05, 0.1) is 12.3 Å². The molecule has 3 aromatic rings. The molecule has 1 amide bonds. The van der Waals surface area contributed by atoms with Crippen LogP contribution in [0.15, 0.2) is 34.7 Å². The summed E-state index contributed by atoms with van der Waals surface area (Å²) in [7, 11) is 1.79. The zero-order chi connectivity index (χ0) is 18.5. The van der Waals surface area contributed by atoms with Crippen LogP contribution in [0.1, 0.15) is 35.8 Å². The predicted molar refractivity (Wildman–Crippen MR) is 96.0 cm³/mol. The third kappa shape index (κ3) is 4.08. The number of ether oxygens (including phenoxy) is 1. The van der Waals surface area contributed by atoms with Gasteiger partial charge in [-0.05, 0) is 43.7 Å². The average Bonchev–Trinajstić information content (AvgIpc) is 3.21. The van der Waals surface area contributed by atoms with Crippen molar-refractivity contribution in [1.82, 2.24) is 20.0 Å². The third-order valence-electron chi connectivity index (χ3n) is 3.75. The van der Waals surface area contributed by atoms with Crippen LogP contribution in [0.5, 0.6) is 5.75 Å². The summed E-state index contributed by atoms with van der Waals surface area (Å²) in [5.74, 6) is 0.700. The van der Waals surface area contributed by atoms with Gasteiger partial charge >= 0.3 is 6.01 Å². The molecule has 2 heterocycles. The van der Waals surface area contributed by atoms with Crippen molar-refractivity contribution in [2.45, 2.75) is 26.7 Å². The molecular weight excluding hydrogens is 334 g/mol. The number of nitrogens with zero attached hydrogens (tertiary/aromatic N) is 4. The zero-order valence-electron chi connectivity index (χ0n) is 15.0. The highest BCUT2D eigenvalue weighted by Crippen LogP contribution is 2.20. The summed E-state index contributed by atoms with van der Waals surface area (Å²) >= 11 is 0. The van der Waals surface area contributed by atoms with E-state index in [1.54, 1.807) is 36.0 Å². The lowest BCUT2D eigenvalue weighted by Crippen LogP contribution is -2.12. The van der Waals surface area contributed by atoms with Crippen molar-refractivity contribution in [2.75, 3.05) is 11.9 Å². The minimum absolute atomic E-state index is 0.0344. The number of carbonyl (C=O) groups excluding carboxylic acids is 1. The van der Waals surface area contributed by atoms with E-state index in [1.807, 2.05) is 13.0 Å². The molecule has 0 bridgehead atoms. The molecule has 2 aromatic heterocycles. The van der Waals surface area contributed by atoms with Crippen LogP contribution < -0.4 is 10.1 Å². The van der Waals surface area contributed by atoms with Crippen LogP contribution in [-0.4, -0.2) is 32.5 Å². The van der Waals surface area contributed by atoms with Gasteiger partial charge in [0.2, 0.25) is 0 Å². The van der Waals surface area contributed by atoms with E-state index in [9.17, 15) is 4.79 Å². The fraction of sp³-hybridized carbons (Fsp3) is 0.333. The minimum Gasteiger partial charge on any atom is -0.494 e. The maximum Gasteiger partial charge on any atom is 0.322 e. The van der Waals surface area contributed by atoms with E-state index in [4.69, 9.17) is 9.15 Å². The first-order valence-corrected chi connectivity index (χ1v) is 8.45. The molecule has 0 fully saturated rings. The topological polar surface area (TPSA) is 95.1 Å². The highest BCUT2D eigenvalue weighted by Gasteiger charge is 2.15. The van der Waals surface area contributed by atoms with E-state index in [0.717, 1.165) is 24.3 Å². The molecule has 8 nitrogen and oxygen atoms in total. The van der Waals surface area contributed by atoms with Gasteiger partial charge in [0.25, 0.3) is 11.8 Å². The molecule has 0 atom stereocenters. The van der Waals surface area contributed by atoms with Crippen LogP contribution in [0.4, 0.5) is 6.01 Å². The SMILES string of the molecule is CCCCOc1ccc(C(=O)Nc2nnc(-c3cc(C)nn3C)o2)cc1. The number of carbonyl (C=O) groups is 1. The Morgan fingerprint density at radius 3 is 2.69 bits per heavy atom. The summed E-state index contributed by atoms with van der Waals surface area (Å²) in [6.45, 7) is 4.65. The third-order valence-corrected chi connectivity index (χ3v) is 3.75. The number of benzene rings is 1. The van der Waals surface area contributed by atoms with Gasteiger partial charge in [-0.1, -0.05) is 18.4 Å². The van der Waals surface area contributed by atoms with Gasteiger partial charge in [-0.2, -0.15) is 5.10 Å². The van der Waals surface area contributed by atoms with Crippen molar-refractivity contribution in [1.29, 1.82) is 0 Å². The van der Waals surface area contributed by atoms with Gasteiger partial charge in [-0.25, -0.2) is 0 Å². The van der Waals surface area contributed by atoms with Crippen molar-refractivity contribution in [3.63, 3.8) is 0 Å². The van der Waals surface area contributed by atoms with Crippen molar-refractivity contribution >= 4 is 11.9 Å². The molecule has 8 heteroatoms. The molecule has 136 valence electrons. The molecule has 1 aromatic carbocycles. The van der Waals surface area contributed by atoms with Gasteiger partial charge in [0.15, 0.2) is 0 Å². The maximum absolute atomic E-state index is 12.3. The predicted octanol–water partition coefficient (Wildman–Crippen LogP) is 3.21. The molecular formula is C18H21N5O3. The van der Waals surface area contributed by atoms with E-state index in [2.05, 4.69) is 27.5 Å². The molecule has 0 unspecified atom stereocenters. The van der Waals surface area contributed by atoms with Gasteiger partial charge in [0.1, 0.15) is 11.4 Å². The van der Waals surface area contributed by atoms with Crippen LogP contribution in [0.2, 0.25) is 0 Å².